The van der Waals surface area contributed by atoms with Crippen molar-refractivity contribution in [2.24, 2.45) is 0 Å². The normalized spacial score (nSPS) is 16.2. The molecule has 240 valence electrons. The lowest BCUT2D eigenvalue weighted by atomic mass is 9.97. The van der Waals surface area contributed by atoms with E-state index in [1.165, 1.54) is 6.08 Å². The second-order valence-electron chi connectivity index (χ2n) is 11.5. The van der Waals surface area contributed by atoms with E-state index < -0.39 is 33.5 Å². The van der Waals surface area contributed by atoms with E-state index in [4.69, 9.17) is 45.3 Å². The number of carbonyl (C=O) groups is 1. The second-order valence-corrected chi connectivity index (χ2v) is 12.7. The number of rotatable bonds is 4. The van der Waals surface area contributed by atoms with Gasteiger partial charge in [-0.05, 0) is 36.6 Å². The minimum Gasteiger partial charge on any atom is -0.491 e. The number of carbonyl (C=O) groups excluding carboxylic acids is 1. The maximum atomic E-state index is 17.5. The fourth-order valence-corrected chi connectivity index (χ4v) is 7.07. The summed E-state index contributed by atoms with van der Waals surface area (Å²) in [7, 11) is 0. The number of nitrogens with two attached hydrogens (primary N) is 1. The molecule has 2 aromatic heterocycles. The average Bonchev–Trinajstić information content (AvgIpc) is 3.01. The van der Waals surface area contributed by atoms with Gasteiger partial charge in [0.1, 0.15) is 11.3 Å². The molecule has 46 heavy (non-hydrogen) atoms. The van der Waals surface area contributed by atoms with Gasteiger partial charge in [-0.1, -0.05) is 55.2 Å². The molecule has 4 heterocycles. The molecule has 4 aromatic rings. The third-order valence-electron chi connectivity index (χ3n) is 8.47. The Hall–Kier alpha value is -3.93. The summed E-state index contributed by atoms with van der Waals surface area (Å²) in [6, 6.07) is 2.48. The number of halogens is 5. The van der Waals surface area contributed by atoms with Crippen LogP contribution in [0.2, 0.25) is 15.1 Å². The van der Waals surface area contributed by atoms with E-state index in [0.717, 1.165) is 10.6 Å². The minimum atomic E-state index is -1.06. The maximum absolute atomic E-state index is 17.5. The minimum absolute atomic E-state index is 0.0186. The highest BCUT2D eigenvalue weighted by molar-refractivity contribution is 6.39. The van der Waals surface area contributed by atoms with Crippen LogP contribution in [0.5, 0.6) is 5.75 Å². The van der Waals surface area contributed by atoms with Gasteiger partial charge in [0, 0.05) is 43.4 Å². The van der Waals surface area contributed by atoms with E-state index in [-0.39, 0.29) is 69.2 Å². The zero-order valence-electron chi connectivity index (χ0n) is 25.1. The Morgan fingerprint density at radius 2 is 1.91 bits per heavy atom. The molecule has 0 bridgehead atoms. The molecule has 0 spiro atoms. The monoisotopic (exact) mass is 688 g/mol. The number of hydrogen-bond donors (Lipinski definition) is 1. The van der Waals surface area contributed by atoms with E-state index in [9.17, 15) is 9.59 Å². The molecule has 0 radical (unpaired) electrons. The molecule has 1 amide bonds. The molecule has 2 aromatic carbocycles. The van der Waals surface area contributed by atoms with Gasteiger partial charge in [0.2, 0.25) is 5.91 Å². The summed E-state index contributed by atoms with van der Waals surface area (Å²) in [4.78, 5) is 39.3. The number of nitrogen functional groups attached to an aromatic ring is 1. The largest absolute Gasteiger partial charge is 0.491 e. The number of anilines is 2. The number of benzene rings is 2. The first-order chi connectivity index (χ1) is 21.9. The predicted octanol–water partition coefficient (Wildman–Crippen LogP) is 6.69. The SMILES string of the molecule is C=CC(=O)N1CCN2c3nc(=O)n(-c4c(C)ccnc4C(C)C)c4c(F)c(-c5c(N)c(Cl)cc(Cl)c5F)c(Cl)c(c34)OCCC2C1. The molecule has 1 saturated heterocycles. The Bertz CT molecular complexity index is 1990. The third kappa shape index (κ3) is 4.96. The molecule has 0 aliphatic carbocycles. The van der Waals surface area contributed by atoms with Gasteiger partial charge in [0.25, 0.3) is 0 Å². The van der Waals surface area contributed by atoms with Gasteiger partial charge >= 0.3 is 5.69 Å². The molecular weight excluding hydrogens is 661 g/mol. The number of aromatic nitrogens is 3. The van der Waals surface area contributed by atoms with Crippen molar-refractivity contribution in [3.8, 4) is 22.6 Å². The average molecular weight is 690 g/mol. The lowest BCUT2D eigenvalue weighted by Gasteiger charge is -2.43. The van der Waals surface area contributed by atoms with Crippen molar-refractivity contribution in [1.29, 1.82) is 0 Å². The smallest absolute Gasteiger partial charge is 0.354 e. The zero-order chi connectivity index (χ0) is 33.2. The van der Waals surface area contributed by atoms with E-state index in [1.807, 2.05) is 18.7 Å². The van der Waals surface area contributed by atoms with Gasteiger partial charge in [0.05, 0.1) is 50.2 Å². The van der Waals surface area contributed by atoms with Gasteiger partial charge < -0.3 is 20.3 Å². The van der Waals surface area contributed by atoms with Crippen LogP contribution in [-0.4, -0.2) is 57.6 Å². The fraction of sp³-hybridized carbons (Fsp3) is 0.312. The summed E-state index contributed by atoms with van der Waals surface area (Å²) in [5.41, 5.74) is 5.36. The van der Waals surface area contributed by atoms with Crippen LogP contribution in [0.15, 0.2) is 35.8 Å². The Balaban J connectivity index is 1.79. The van der Waals surface area contributed by atoms with Crippen LogP contribution >= 0.6 is 34.8 Å². The van der Waals surface area contributed by atoms with Crippen molar-refractivity contribution >= 4 is 63.1 Å². The molecule has 6 rings (SSSR count). The first kappa shape index (κ1) is 32.0. The number of amides is 1. The number of ether oxygens (including phenoxy) is 1. The van der Waals surface area contributed by atoms with Crippen molar-refractivity contribution in [2.75, 3.05) is 36.9 Å². The maximum Gasteiger partial charge on any atom is 0.354 e. The van der Waals surface area contributed by atoms with Gasteiger partial charge in [0.15, 0.2) is 17.4 Å². The van der Waals surface area contributed by atoms with Crippen LogP contribution in [0.3, 0.4) is 0 Å². The number of nitrogens with zero attached hydrogens (tertiary/aromatic N) is 5. The summed E-state index contributed by atoms with van der Waals surface area (Å²) >= 11 is 19.4. The van der Waals surface area contributed by atoms with Crippen molar-refractivity contribution in [3.05, 3.63) is 79.4 Å². The first-order valence-electron chi connectivity index (χ1n) is 14.5. The van der Waals surface area contributed by atoms with Crippen LogP contribution in [0.4, 0.5) is 20.3 Å². The van der Waals surface area contributed by atoms with Gasteiger partial charge in [-0.15, -0.1) is 0 Å². The van der Waals surface area contributed by atoms with Crippen LogP contribution in [0, 0.1) is 18.6 Å². The number of aryl methyl sites for hydroxylation is 1. The van der Waals surface area contributed by atoms with Crippen LogP contribution < -0.4 is 21.1 Å². The van der Waals surface area contributed by atoms with Crippen molar-refractivity contribution < 1.29 is 18.3 Å². The lowest BCUT2D eigenvalue weighted by molar-refractivity contribution is -0.126. The fourth-order valence-electron chi connectivity index (χ4n) is 6.28. The first-order valence-corrected chi connectivity index (χ1v) is 15.7. The van der Waals surface area contributed by atoms with E-state index in [0.29, 0.717) is 36.5 Å². The number of fused-ring (bicyclic) bond motifs is 2. The van der Waals surface area contributed by atoms with Crippen molar-refractivity contribution in [3.63, 3.8) is 0 Å². The molecule has 2 N–H and O–H groups in total. The second kappa shape index (κ2) is 12.0. The van der Waals surface area contributed by atoms with E-state index in [1.54, 1.807) is 24.1 Å². The Labute approximate surface area is 278 Å². The number of piperazine rings is 1. The highest BCUT2D eigenvalue weighted by Crippen LogP contribution is 2.51. The van der Waals surface area contributed by atoms with Gasteiger partial charge in [-0.3, -0.25) is 14.3 Å². The highest BCUT2D eigenvalue weighted by Gasteiger charge is 2.38. The summed E-state index contributed by atoms with van der Waals surface area (Å²) in [6.45, 7) is 10.1. The molecule has 2 aliphatic heterocycles. The standard InChI is InChI=1S/C32H29Cl3F2N6O3/c1-5-19(44)41-9-10-42-16(13-41)7-11-46-30-22-29(25(37)20(23(30)35)21-24(36)17(33)12-18(34)26(21)38)43(32(45)40-31(22)42)28-15(4)6-8-39-27(28)14(2)3/h5-6,8,12,14,16H,1,7,9-11,13,38H2,2-4H3. The molecule has 9 nitrogen and oxygen atoms in total. The summed E-state index contributed by atoms with van der Waals surface area (Å²) in [6.07, 6.45) is 3.25. The molecule has 2 aliphatic rings. The van der Waals surface area contributed by atoms with E-state index >= 15 is 8.78 Å². The summed E-state index contributed by atoms with van der Waals surface area (Å²) in [5.74, 6) is -2.42. The topological polar surface area (TPSA) is 107 Å². The zero-order valence-corrected chi connectivity index (χ0v) is 27.4. The van der Waals surface area contributed by atoms with E-state index in [2.05, 4.69) is 16.5 Å². The molecule has 1 atom stereocenters. The molecule has 1 unspecified atom stereocenters. The van der Waals surface area contributed by atoms with Crippen molar-refractivity contribution in [2.45, 2.75) is 39.2 Å². The van der Waals surface area contributed by atoms with Gasteiger partial charge in [-0.2, -0.15) is 4.98 Å². The van der Waals surface area contributed by atoms with Crippen LogP contribution in [0.1, 0.15) is 37.4 Å². The quantitative estimate of drug-likeness (QED) is 0.145. The molecule has 1 fully saturated rings. The predicted molar refractivity (Wildman–Crippen MR) is 177 cm³/mol. The Morgan fingerprint density at radius 3 is 2.61 bits per heavy atom. The Morgan fingerprint density at radius 1 is 1.17 bits per heavy atom. The van der Waals surface area contributed by atoms with Crippen LogP contribution in [-0.2, 0) is 4.79 Å². The summed E-state index contributed by atoms with van der Waals surface area (Å²) in [5, 5.41) is -0.716. The molecule has 14 heteroatoms. The molecule has 0 saturated carbocycles. The molecular formula is C32H29Cl3F2N6O3. The number of pyridine rings is 1. The third-order valence-corrected chi connectivity index (χ3v) is 9.42. The highest BCUT2D eigenvalue weighted by atomic mass is 35.5. The van der Waals surface area contributed by atoms with Gasteiger partial charge in [-0.25, -0.2) is 13.6 Å². The Kier molecular flexibility index (Phi) is 8.37. The summed E-state index contributed by atoms with van der Waals surface area (Å²) < 4.78 is 40.6. The van der Waals surface area contributed by atoms with Crippen LogP contribution in [0.25, 0.3) is 27.7 Å². The lowest BCUT2D eigenvalue weighted by Crippen LogP contribution is -2.56. The van der Waals surface area contributed by atoms with Crippen molar-refractivity contribution in [1.82, 2.24) is 19.4 Å². The number of hydrogen-bond acceptors (Lipinski definition) is 7.